The normalized spacial score (nSPS) is 13.2. The lowest BCUT2D eigenvalue weighted by molar-refractivity contribution is -0.156. The van der Waals surface area contributed by atoms with Crippen molar-refractivity contribution in [3.8, 4) is 0 Å². The molecular formula is C14H21NO2. The summed E-state index contributed by atoms with van der Waals surface area (Å²) in [6.45, 7) is 7.53. The van der Waals surface area contributed by atoms with Gasteiger partial charge in [0.25, 0.3) is 0 Å². The zero-order chi connectivity index (χ0) is 13.1. The molecule has 0 heterocycles. The van der Waals surface area contributed by atoms with Crippen LogP contribution in [0, 0.1) is 6.92 Å². The van der Waals surface area contributed by atoms with E-state index >= 15 is 0 Å². The lowest BCUT2D eigenvalue weighted by Crippen LogP contribution is -2.38. The first-order chi connectivity index (χ1) is 7.79. The number of aryl methyl sites for hydroxylation is 1. The Hall–Kier alpha value is -1.35. The minimum atomic E-state index is -0.602. The molecule has 0 saturated heterocycles. The van der Waals surface area contributed by atoms with E-state index < -0.39 is 11.6 Å². The number of ether oxygens (including phenoxy) is 1. The Kier molecular flexibility index (Phi) is 4.29. The van der Waals surface area contributed by atoms with Gasteiger partial charge in [0.15, 0.2) is 0 Å². The van der Waals surface area contributed by atoms with Gasteiger partial charge in [-0.15, -0.1) is 0 Å². The SMILES string of the molecule is Cc1ccccc1C[C@@H](N)C(=O)OC(C)(C)C. The zero-order valence-electron chi connectivity index (χ0n) is 11.0. The largest absolute Gasteiger partial charge is 0.459 e. The van der Waals surface area contributed by atoms with Crippen LogP contribution in [0.3, 0.4) is 0 Å². The van der Waals surface area contributed by atoms with Crippen molar-refractivity contribution in [3.63, 3.8) is 0 Å². The number of nitrogens with two attached hydrogens (primary N) is 1. The van der Waals surface area contributed by atoms with Crippen LogP contribution in [0.2, 0.25) is 0 Å². The molecule has 1 aromatic carbocycles. The van der Waals surface area contributed by atoms with Crippen LogP contribution in [0.4, 0.5) is 0 Å². The highest BCUT2D eigenvalue weighted by Crippen LogP contribution is 2.12. The standard InChI is InChI=1S/C14H21NO2/c1-10-7-5-6-8-11(10)9-12(15)13(16)17-14(2,3)4/h5-8,12H,9,15H2,1-4H3/t12-/m1/s1. The maximum atomic E-state index is 11.7. The van der Waals surface area contributed by atoms with Crippen LogP contribution < -0.4 is 5.73 Å². The highest BCUT2D eigenvalue weighted by molar-refractivity contribution is 5.76. The van der Waals surface area contributed by atoms with Crippen LogP contribution in [-0.2, 0) is 16.0 Å². The van der Waals surface area contributed by atoms with E-state index in [1.807, 2.05) is 52.0 Å². The predicted molar refractivity (Wildman–Crippen MR) is 68.7 cm³/mol. The van der Waals surface area contributed by atoms with Gasteiger partial charge < -0.3 is 10.5 Å². The van der Waals surface area contributed by atoms with E-state index in [1.165, 1.54) is 0 Å². The molecule has 3 heteroatoms. The van der Waals surface area contributed by atoms with Crippen LogP contribution in [-0.4, -0.2) is 17.6 Å². The van der Waals surface area contributed by atoms with Crippen LogP contribution in [0.15, 0.2) is 24.3 Å². The first-order valence-electron chi connectivity index (χ1n) is 5.82. The van der Waals surface area contributed by atoms with Gasteiger partial charge in [-0.2, -0.15) is 0 Å². The predicted octanol–water partition coefficient (Wildman–Crippen LogP) is 2.21. The van der Waals surface area contributed by atoms with Crippen molar-refractivity contribution in [1.82, 2.24) is 0 Å². The number of hydrogen-bond acceptors (Lipinski definition) is 3. The summed E-state index contributed by atoms with van der Waals surface area (Å²) in [5, 5.41) is 0. The second-order valence-electron chi connectivity index (χ2n) is 5.27. The highest BCUT2D eigenvalue weighted by atomic mass is 16.6. The van der Waals surface area contributed by atoms with E-state index in [4.69, 9.17) is 10.5 Å². The molecule has 0 unspecified atom stereocenters. The summed E-state index contributed by atoms with van der Waals surface area (Å²) in [5.74, 6) is -0.347. The van der Waals surface area contributed by atoms with Crippen LogP contribution in [0.25, 0.3) is 0 Å². The van der Waals surface area contributed by atoms with E-state index in [0.717, 1.165) is 11.1 Å². The highest BCUT2D eigenvalue weighted by Gasteiger charge is 2.22. The van der Waals surface area contributed by atoms with Crippen molar-refractivity contribution in [2.24, 2.45) is 5.73 Å². The van der Waals surface area contributed by atoms with E-state index in [0.29, 0.717) is 6.42 Å². The summed E-state index contributed by atoms with van der Waals surface area (Å²) in [4.78, 5) is 11.7. The molecule has 2 N–H and O–H groups in total. The quantitative estimate of drug-likeness (QED) is 0.817. The molecule has 0 aliphatic carbocycles. The Labute approximate surface area is 103 Å². The zero-order valence-corrected chi connectivity index (χ0v) is 11.0. The molecule has 3 nitrogen and oxygen atoms in total. The smallest absolute Gasteiger partial charge is 0.323 e. The third kappa shape index (κ3) is 4.57. The molecule has 0 spiro atoms. The summed E-state index contributed by atoms with van der Waals surface area (Å²) in [6.07, 6.45) is 0.515. The fourth-order valence-electron chi connectivity index (χ4n) is 1.54. The van der Waals surface area contributed by atoms with Crippen molar-refractivity contribution in [2.45, 2.75) is 45.8 Å². The van der Waals surface area contributed by atoms with Gasteiger partial charge in [-0.25, -0.2) is 0 Å². The molecule has 0 aliphatic heterocycles. The van der Waals surface area contributed by atoms with Gasteiger partial charge in [0.1, 0.15) is 11.6 Å². The molecule has 0 bridgehead atoms. The van der Waals surface area contributed by atoms with Crippen molar-refractivity contribution in [2.75, 3.05) is 0 Å². The summed E-state index contributed by atoms with van der Waals surface area (Å²) >= 11 is 0. The summed E-state index contributed by atoms with van der Waals surface area (Å²) in [5.41, 5.74) is 7.60. The maximum Gasteiger partial charge on any atom is 0.323 e. The summed E-state index contributed by atoms with van der Waals surface area (Å²) in [7, 11) is 0. The fraction of sp³-hybridized carbons (Fsp3) is 0.500. The van der Waals surface area contributed by atoms with Gasteiger partial charge in [0.2, 0.25) is 0 Å². The Morgan fingerprint density at radius 1 is 1.35 bits per heavy atom. The van der Waals surface area contributed by atoms with Crippen molar-refractivity contribution in [3.05, 3.63) is 35.4 Å². The lowest BCUT2D eigenvalue weighted by atomic mass is 10.0. The molecule has 0 aromatic heterocycles. The fourth-order valence-corrected chi connectivity index (χ4v) is 1.54. The molecular weight excluding hydrogens is 214 g/mol. The minimum absolute atomic E-state index is 0.347. The van der Waals surface area contributed by atoms with Crippen LogP contribution >= 0.6 is 0 Å². The molecule has 1 rings (SSSR count). The van der Waals surface area contributed by atoms with E-state index in [-0.39, 0.29) is 5.97 Å². The number of rotatable bonds is 3. The lowest BCUT2D eigenvalue weighted by Gasteiger charge is -2.22. The first-order valence-corrected chi connectivity index (χ1v) is 5.82. The molecule has 94 valence electrons. The molecule has 0 fully saturated rings. The van der Waals surface area contributed by atoms with E-state index in [9.17, 15) is 4.79 Å². The van der Waals surface area contributed by atoms with Crippen LogP contribution in [0.1, 0.15) is 31.9 Å². The third-order valence-corrected chi connectivity index (χ3v) is 2.41. The monoisotopic (exact) mass is 235 g/mol. The number of carbonyl (C=O) groups is 1. The maximum absolute atomic E-state index is 11.7. The molecule has 0 saturated carbocycles. The molecule has 0 amide bonds. The van der Waals surface area contributed by atoms with Gasteiger partial charge in [-0.1, -0.05) is 24.3 Å². The van der Waals surface area contributed by atoms with Gasteiger partial charge in [-0.3, -0.25) is 4.79 Å². The minimum Gasteiger partial charge on any atom is -0.459 e. The van der Waals surface area contributed by atoms with E-state index in [1.54, 1.807) is 0 Å². The van der Waals surface area contributed by atoms with E-state index in [2.05, 4.69) is 0 Å². The molecule has 1 aromatic rings. The molecule has 1 atom stereocenters. The van der Waals surface area contributed by atoms with Gasteiger partial charge in [0, 0.05) is 0 Å². The second kappa shape index (κ2) is 5.32. The van der Waals surface area contributed by atoms with Gasteiger partial charge in [-0.05, 0) is 45.2 Å². The topological polar surface area (TPSA) is 52.3 Å². The van der Waals surface area contributed by atoms with Crippen molar-refractivity contribution >= 4 is 5.97 Å². The third-order valence-electron chi connectivity index (χ3n) is 2.41. The Morgan fingerprint density at radius 3 is 2.47 bits per heavy atom. The Bertz CT molecular complexity index is 393. The molecule has 0 radical (unpaired) electrons. The Morgan fingerprint density at radius 2 is 1.94 bits per heavy atom. The number of carbonyl (C=O) groups excluding carboxylic acids is 1. The van der Waals surface area contributed by atoms with Crippen molar-refractivity contribution in [1.29, 1.82) is 0 Å². The second-order valence-corrected chi connectivity index (χ2v) is 5.27. The van der Waals surface area contributed by atoms with Crippen LogP contribution in [0.5, 0.6) is 0 Å². The number of benzene rings is 1. The number of hydrogen-bond donors (Lipinski definition) is 1. The average molecular weight is 235 g/mol. The average Bonchev–Trinajstić information content (AvgIpc) is 2.18. The molecule has 0 aliphatic rings. The van der Waals surface area contributed by atoms with Crippen molar-refractivity contribution < 1.29 is 9.53 Å². The van der Waals surface area contributed by atoms with Gasteiger partial charge in [0.05, 0.1) is 0 Å². The van der Waals surface area contributed by atoms with Gasteiger partial charge >= 0.3 is 5.97 Å². The summed E-state index contributed by atoms with van der Waals surface area (Å²) < 4.78 is 5.25. The first kappa shape index (κ1) is 13.7. The Balaban J connectivity index is 2.64. The molecule has 17 heavy (non-hydrogen) atoms. The summed E-state index contributed by atoms with van der Waals surface area (Å²) in [6, 6.07) is 7.31. The number of esters is 1.